The average Bonchev–Trinajstić information content (AvgIpc) is 3.07. The van der Waals surface area contributed by atoms with E-state index in [4.69, 9.17) is 9.47 Å². The Kier molecular flexibility index (Phi) is 7.03. The number of likely N-dealkylation sites (N-methyl/N-ethyl adjacent to an activating group) is 2. The van der Waals surface area contributed by atoms with Crippen molar-refractivity contribution in [1.29, 1.82) is 0 Å². The fourth-order valence-corrected chi connectivity index (χ4v) is 4.46. The fraction of sp³-hybridized carbons (Fsp3) is 0.407. The van der Waals surface area contributed by atoms with Crippen LogP contribution in [0, 0.1) is 0 Å². The molecule has 1 atom stereocenters. The van der Waals surface area contributed by atoms with Crippen molar-refractivity contribution in [2.75, 3.05) is 52.3 Å². The molecule has 35 heavy (non-hydrogen) atoms. The molecule has 8 heteroatoms. The number of ether oxygens (including phenoxy) is 2. The van der Waals surface area contributed by atoms with Crippen molar-refractivity contribution >= 4 is 23.1 Å². The predicted octanol–water partition coefficient (Wildman–Crippen LogP) is 3.29. The number of nitrogens with zero attached hydrogens (tertiary/aromatic N) is 3. The highest BCUT2D eigenvalue weighted by Gasteiger charge is 2.47. The van der Waals surface area contributed by atoms with E-state index in [1.807, 2.05) is 69.1 Å². The van der Waals surface area contributed by atoms with Gasteiger partial charge in [-0.1, -0.05) is 18.2 Å². The van der Waals surface area contributed by atoms with Crippen LogP contribution in [0.25, 0.3) is 5.76 Å². The van der Waals surface area contributed by atoms with E-state index in [-0.39, 0.29) is 17.4 Å². The highest BCUT2D eigenvalue weighted by atomic mass is 16.5. The van der Waals surface area contributed by atoms with E-state index in [2.05, 4.69) is 0 Å². The highest BCUT2D eigenvalue weighted by molar-refractivity contribution is 6.46. The maximum absolute atomic E-state index is 13.3. The van der Waals surface area contributed by atoms with Crippen LogP contribution in [0.2, 0.25) is 0 Å². The maximum atomic E-state index is 13.3. The molecule has 2 aromatic rings. The molecule has 0 aliphatic carbocycles. The number of para-hydroxylation sites is 1. The van der Waals surface area contributed by atoms with Gasteiger partial charge in [0.15, 0.2) is 0 Å². The molecule has 4 rings (SSSR count). The number of aliphatic hydroxyl groups is 1. The Hall–Kier alpha value is -3.52. The van der Waals surface area contributed by atoms with Crippen molar-refractivity contribution in [1.82, 2.24) is 9.80 Å². The van der Waals surface area contributed by atoms with Gasteiger partial charge in [0, 0.05) is 31.3 Å². The van der Waals surface area contributed by atoms with Gasteiger partial charge in [-0.05, 0) is 52.2 Å². The molecule has 1 unspecified atom stereocenters. The van der Waals surface area contributed by atoms with Gasteiger partial charge in [0.25, 0.3) is 11.7 Å². The van der Waals surface area contributed by atoms with E-state index in [0.29, 0.717) is 48.9 Å². The molecule has 0 saturated carbocycles. The van der Waals surface area contributed by atoms with Gasteiger partial charge in [-0.25, -0.2) is 0 Å². The molecule has 0 bridgehead atoms. The van der Waals surface area contributed by atoms with Crippen LogP contribution in [0.15, 0.2) is 48.0 Å². The van der Waals surface area contributed by atoms with E-state index in [0.717, 1.165) is 5.69 Å². The smallest absolute Gasteiger partial charge is 0.295 e. The van der Waals surface area contributed by atoms with Crippen LogP contribution < -0.4 is 14.4 Å². The summed E-state index contributed by atoms with van der Waals surface area (Å²) in [5.74, 6) is -0.242. The lowest BCUT2D eigenvalue weighted by Crippen LogP contribution is -2.35. The number of rotatable bonds is 7. The summed E-state index contributed by atoms with van der Waals surface area (Å²) >= 11 is 0. The molecule has 2 aromatic carbocycles. The van der Waals surface area contributed by atoms with Gasteiger partial charge < -0.3 is 29.3 Å². The molecule has 0 aromatic heterocycles. The van der Waals surface area contributed by atoms with Crippen molar-refractivity contribution in [2.45, 2.75) is 26.0 Å². The third-order valence-corrected chi connectivity index (χ3v) is 6.23. The van der Waals surface area contributed by atoms with Gasteiger partial charge in [-0.2, -0.15) is 0 Å². The van der Waals surface area contributed by atoms with E-state index in [9.17, 15) is 14.7 Å². The zero-order valence-corrected chi connectivity index (χ0v) is 20.9. The van der Waals surface area contributed by atoms with Gasteiger partial charge >= 0.3 is 0 Å². The summed E-state index contributed by atoms with van der Waals surface area (Å²) < 4.78 is 11.8. The lowest BCUT2D eigenvalue weighted by Gasteiger charge is -2.29. The van der Waals surface area contributed by atoms with Crippen molar-refractivity contribution in [3.63, 3.8) is 0 Å². The second-order valence-corrected chi connectivity index (χ2v) is 9.45. The Morgan fingerprint density at radius 2 is 1.94 bits per heavy atom. The summed E-state index contributed by atoms with van der Waals surface area (Å²) in [6.07, 6.45) is -0.101. The summed E-state index contributed by atoms with van der Waals surface area (Å²) in [5.41, 5.74) is 2.01. The van der Waals surface area contributed by atoms with Crippen molar-refractivity contribution < 1.29 is 24.2 Å². The van der Waals surface area contributed by atoms with Crippen molar-refractivity contribution in [3.8, 4) is 11.5 Å². The van der Waals surface area contributed by atoms with Crippen LogP contribution in [0.3, 0.4) is 0 Å². The molecular weight excluding hydrogens is 446 g/mol. The summed E-state index contributed by atoms with van der Waals surface area (Å²) in [6.45, 7) is 6.04. The summed E-state index contributed by atoms with van der Waals surface area (Å²) in [6, 6.07) is 11.9. The number of aliphatic hydroxyl groups excluding tert-OH is 1. The van der Waals surface area contributed by atoms with Crippen molar-refractivity contribution in [3.05, 3.63) is 59.2 Å². The number of carbonyl (C=O) groups excluding carboxylic acids is 2. The van der Waals surface area contributed by atoms with Gasteiger partial charge in [0.1, 0.15) is 23.9 Å². The second-order valence-electron chi connectivity index (χ2n) is 9.45. The third-order valence-electron chi connectivity index (χ3n) is 6.23. The Morgan fingerprint density at radius 1 is 1.20 bits per heavy atom. The minimum atomic E-state index is -0.769. The first-order chi connectivity index (χ1) is 16.7. The van der Waals surface area contributed by atoms with Crippen LogP contribution in [0.1, 0.15) is 31.0 Å². The Balaban J connectivity index is 1.87. The molecule has 0 radical (unpaired) electrons. The first kappa shape index (κ1) is 24.6. The quantitative estimate of drug-likeness (QED) is 0.371. The molecule has 2 aliphatic heterocycles. The lowest BCUT2D eigenvalue weighted by atomic mass is 9.94. The largest absolute Gasteiger partial charge is 0.507 e. The molecule has 8 nitrogen and oxygen atoms in total. The minimum Gasteiger partial charge on any atom is -0.507 e. The van der Waals surface area contributed by atoms with Gasteiger partial charge in [-0.3, -0.25) is 9.59 Å². The zero-order chi connectivity index (χ0) is 25.3. The maximum Gasteiger partial charge on any atom is 0.295 e. The second kappa shape index (κ2) is 10.00. The Morgan fingerprint density at radius 3 is 2.66 bits per heavy atom. The SMILES string of the molecule is CC(C)Oc1ccccc1C1/C(=C(\O)c2ccc3c(c2)N(C)CCO3)C(=O)C(=O)N1CCN(C)C. The number of benzene rings is 2. The summed E-state index contributed by atoms with van der Waals surface area (Å²) in [5, 5.41) is 11.5. The minimum absolute atomic E-state index is 0.0629. The third kappa shape index (κ3) is 4.84. The van der Waals surface area contributed by atoms with E-state index in [1.165, 1.54) is 4.90 Å². The number of hydrogen-bond acceptors (Lipinski definition) is 7. The molecule has 2 heterocycles. The number of Topliss-reactive ketones (excluding diaryl/α,β-unsaturated/α-hetero) is 1. The van der Waals surface area contributed by atoms with Gasteiger partial charge in [-0.15, -0.1) is 0 Å². The highest BCUT2D eigenvalue weighted by Crippen LogP contribution is 2.43. The molecule has 186 valence electrons. The number of hydrogen-bond donors (Lipinski definition) is 1. The fourth-order valence-electron chi connectivity index (χ4n) is 4.46. The van der Waals surface area contributed by atoms with E-state index in [1.54, 1.807) is 18.2 Å². The normalized spacial score (nSPS) is 19.3. The van der Waals surface area contributed by atoms with Crippen LogP contribution in [-0.4, -0.2) is 80.1 Å². The Bertz CT molecular complexity index is 1160. The number of ketones is 1. The molecule has 1 fully saturated rings. The van der Waals surface area contributed by atoms with Crippen LogP contribution >= 0.6 is 0 Å². The average molecular weight is 480 g/mol. The van der Waals surface area contributed by atoms with Crippen LogP contribution in [0.4, 0.5) is 5.69 Å². The standard InChI is InChI=1S/C27H33N3O5/c1-17(2)35-21-9-7-6-8-19(21)24-23(26(32)27(33)30(24)13-12-28(3)4)25(31)18-10-11-22-20(16-18)29(5)14-15-34-22/h6-11,16-17,24,31H,12-15H2,1-5H3/b25-23+. The van der Waals surface area contributed by atoms with Gasteiger partial charge in [0.2, 0.25) is 0 Å². The first-order valence-corrected chi connectivity index (χ1v) is 11.9. The number of carbonyl (C=O) groups is 2. The van der Waals surface area contributed by atoms with Crippen molar-refractivity contribution in [2.24, 2.45) is 0 Å². The Labute approximate surface area is 206 Å². The van der Waals surface area contributed by atoms with Crippen LogP contribution in [0.5, 0.6) is 11.5 Å². The lowest BCUT2D eigenvalue weighted by molar-refractivity contribution is -0.140. The number of likely N-dealkylation sites (tertiary alicyclic amines) is 1. The monoisotopic (exact) mass is 479 g/mol. The van der Waals surface area contributed by atoms with Gasteiger partial charge in [0.05, 0.1) is 30.0 Å². The molecule has 1 saturated heterocycles. The molecule has 1 N–H and O–H groups in total. The summed E-state index contributed by atoms with van der Waals surface area (Å²) in [7, 11) is 5.77. The molecular formula is C27H33N3O5. The predicted molar refractivity (Wildman–Crippen MR) is 135 cm³/mol. The zero-order valence-electron chi connectivity index (χ0n) is 20.9. The first-order valence-electron chi connectivity index (χ1n) is 11.9. The molecule has 0 spiro atoms. The van der Waals surface area contributed by atoms with Crippen LogP contribution in [-0.2, 0) is 9.59 Å². The number of amides is 1. The van der Waals surface area contributed by atoms with E-state index >= 15 is 0 Å². The molecule has 1 amide bonds. The number of anilines is 1. The summed E-state index contributed by atoms with van der Waals surface area (Å²) in [4.78, 5) is 32.1. The van der Waals surface area contributed by atoms with E-state index < -0.39 is 17.7 Å². The molecule has 2 aliphatic rings. The topological polar surface area (TPSA) is 82.5 Å². The number of fused-ring (bicyclic) bond motifs is 1.